The monoisotopic (exact) mass is 565 g/mol. The van der Waals surface area contributed by atoms with Gasteiger partial charge < -0.3 is 4.74 Å². The molecule has 2 aromatic carbocycles. The van der Waals surface area contributed by atoms with E-state index in [1.54, 1.807) is 28.8 Å². The highest BCUT2D eigenvalue weighted by Gasteiger charge is 2.17. The van der Waals surface area contributed by atoms with Crippen LogP contribution in [0.4, 0.5) is 10.1 Å². The molecule has 6 nitrogen and oxygen atoms in total. The minimum Gasteiger partial charge on any atom is -0.473 e. The predicted molar refractivity (Wildman–Crippen MR) is 132 cm³/mol. The van der Waals surface area contributed by atoms with Gasteiger partial charge in [-0.2, -0.15) is 5.10 Å². The van der Waals surface area contributed by atoms with Crippen LogP contribution in [0.1, 0.15) is 16.8 Å². The van der Waals surface area contributed by atoms with Crippen LogP contribution >= 0.6 is 22.6 Å². The molecule has 1 N–H and O–H groups in total. The molecule has 2 aromatic heterocycles. The standard InChI is InChI=1S/C23H21FIN3O3S/c1-14-10-21-23(16-6-4-7-17(12-16)27-32(3,29)30)15(2)26-28(21)22(11-14)31-13-18-19(24)8-5-9-20(18)25/h4-12,27H,13H2,1-3H3. The van der Waals surface area contributed by atoms with Gasteiger partial charge in [-0.25, -0.2) is 17.3 Å². The van der Waals surface area contributed by atoms with Crippen molar-refractivity contribution >= 4 is 43.8 Å². The zero-order chi connectivity index (χ0) is 23.0. The summed E-state index contributed by atoms with van der Waals surface area (Å²) in [5, 5.41) is 4.65. The van der Waals surface area contributed by atoms with Crippen molar-refractivity contribution < 1.29 is 17.5 Å². The fourth-order valence-corrected chi connectivity index (χ4v) is 4.76. The molecule has 0 amide bonds. The Morgan fingerprint density at radius 1 is 1.12 bits per heavy atom. The molecule has 0 radical (unpaired) electrons. The van der Waals surface area contributed by atoms with Gasteiger partial charge in [-0.3, -0.25) is 4.72 Å². The topological polar surface area (TPSA) is 72.7 Å². The van der Waals surface area contributed by atoms with Crippen LogP contribution in [0.5, 0.6) is 5.88 Å². The van der Waals surface area contributed by atoms with Crippen molar-refractivity contribution in [2.75, 3.05) is 11.0 Å². The minimum atomic E-state index is -3.39. The number of hydrogen-bond donors (Lipinski definition) is 1. The summed E-state index contributed by atoms with van der Waals surface area (Å²) in [5.41, 5.74) is 5.20. The molecule has 0 aliphatic carbocycles. The first kappa shape index (κ1) is 22.5. The van der Waals surface area contributed by atoms with Gasteiger partial charge in [0.25, 0.3) is 0 Å². The highest BCUT2D eigenvalue weighted by Crippen LogP contribution is 2.33. The Morgan fingerprint density at radius 3 is 2.59 bits per heavy atom. The highest BCUT2D eigenvalue weighted by molar-refractivity contribution is 14.1. The number of benzene rings is 2. The van der Waals surface area contributed by atoms with Crippen LogP contribution in [0.25, 0.3) is 16.6 Å². The zero-order valence-electron chi connectivity index (χ0n) is 17.7. The second kappa shape index (κ2) is 8.70. The molecular weight excluding hydrogens is 544 g/mol. The summed E-state index contributed by atoms with van der Waals surface area (Å²) in [6, 6.07) is 15.9. The smallest absolute Gasteiger partial charge is 0.229 e. The number of nitrogens with zero attached hydrogens (tertiary/aromatic N) is 2. The summed E-state index contributed by atoms with van der Waals surface area (Å²) in [6.45, 7) is 3.91. The maximum atomic E-state index is 14.2. The number of halogens is 2. The van der Waals surface area contributed by atoms with Crippen LogP contribution in [-0.4, -0.2) is 24.3 Å². The molecule has 0 saturated carbocycles. The lowest BCUT2D eigenvalue weighted by Gasteiger charge is -2.12. The molecule has 32 heavy (non-hydrogen) atoms. The second-order valence-electron chi connectivity index (χ2n) is 7.57. The molecule has 4 rings (SSSR count). The summed E-state index contributed by atoms with van der Waals surface area (Å²) >= 11 is 2.09. The van der Waals surface area contributed by atoms with Crippen LogP contribution in [0.3, 0.4) is 0 Å². The highest BCUT2D eigenvalue weighted by atomic mass is 127. The molecule has 0 aliphatic heterocycles. The Kier molecular flexibility index (Phi) is 6.13. The first-order valence-corrected chi connectivity index (χ1v) is 12.7. The van der Waals surface area contributed by atoms with Crippen molar-refractivity contribution in [2.24, 2.45) is 0 Å². The number of nitrogens with one attached hydrogen (secondary N) is 1. The molecule has 0 fully saturated rings. The van der Waals surface area contributed by atoms with Crippen molar-refractivity contribution in [3.05, 3.63) is 80.8 Å². The predicted octanol–water partition coefficient (Wildman–Crippen LogP) is 5.31. The number of fused-ring (bicyclic) bond motifs is 1. The van der Waals surface area contributed by atoms with E-state index < -0.39 is 10.0 Å². The van der Waals surface area contributed by atoms with Crippen LogP contribution in [0.15, 0.2) is 54.6 Å². The Bertz CT molecular complexity index is 1410. The normalized spacial score (nSPS) is 11.7. The summed E-state index contributed by atoms with van der Waals surface area (Å²) in [5.74, 6) is 0.187. The molecule has 2 heterocycles. The number of aryl methyl sites for hydroxylation is 2. The van der Waals surface area contributed by atoms with Gasteiger partial charge in [0, 0.05) is 26.5 Å². The molecule has 0 saturated heterocycles. The Balaban J connectivity index is 1.77. The Hall–Kier alpha value is -2.66. The first-order chi connectivity index (χ1) is 15.1. The lowest BCUT2D eigenvalue weighted by Crippen LogP contribution is -2.09. The third kappa shape index (κ3) is 4.73. The lowest BCUT2D eigenvalue weighted by molar-refractivity contribution is 0.279. The van der Waals surface area contributed by atoms with E-state index in [1.165, 1.54) is 6.07 Å². The van der Waals surface area contributed by atoms with Crippen LogP contribution in [-0.2, 0) is 16.6 Å². The van der Waals surface area contributed by atoms with Crippen LogP contribution in [0.2, 0.25) is 0 Å². The quantitative estimate of drug-likeness (QED) is 0.322. The molecule has 0 atom stereocenters. The second-order valence-corrected chi connectivity index (χ2v) is 10.5. The number of rotatable bonds is 6. The number of pyridine rings is 1. The van der Waals surface area contributed by atoms with E-state index in [9.17, 15) is 12.8 Å². The number of ether oxygens (including phenoxy) is 1. The van der Waals surface area contributed by atoms with E-state index in [1.807, 2.05) is 38.1 Å². The molecule has 0 spiro atoms. The van der Waals surface area contributed by atoms with E-state index >= 15 is 0 Å². The lowest BCUT2D eigenvalue weighted by atomic mass is 10.0. The van der Waals surface area contributed by atoms with Gasteiger partial charge in [-0.1, -0.05) is 18.2 Å². The molecule has 166 valence electrons. The van der Waals surface area contributed by atoms with Gasteiger partial charge in [-0.15, -0.1) is 0 Å². The number of anilines is 1. The molecule has 4 aromatic rings. The van der Waals surface area contributed by atoms with Gasteiger partial charge in [0.15, 0.2) is 0 Å². The van der Waals surface area contributed by atoms with Crippen LogP contribution < -0.4 is 9.46 Å². The van der Waals surface area contributed by atoms with E-state index in [4.69, 9.17) is 4.74 Å². The van der Waals surface area contributed by atoms with Gasteiger partial charge >= 0.3 is 0 Å². The molecule has 0 unspecified atom stereocenters. The maximum absolute atomic E-state index is 14.2. The fraction of sp³-hybridized carbons (Fsp3) is 0.174. The third-order valence-corrected chi connectivity index (χ3v) is 6.52. The average molecular weight is 565 g/mol. The SMILES string of the molecule is Cc1cc(OCc2c(F)cccc2I)n2nc(C)c(-c3cccc(NS(C)(=O)=O)c3)c2c1. The number of hydrogen-bond acceptors (Lipinski definition) is 4. The van der Waals surface area contributed by atoms with Crippen molar-refractivity contribution in [2.45, 2.75) is 20.5 Å². The third-order valence-electron chi connectivity index (χ3n) is 4.90. The van der Waals surface area contributed by atoms with E-state index in [0.717, 1.165) is 37.7 Å². The fourth-order valence-electron chi connectivity index (χ4n) is 3.59. The van der Waals surface area contributed by atoms with Gasteiger partial charge in [-0.05, 0) is 77.9 Å². The summed E-state index contributed by atoms with van der Waals surface area (Å²) < 4.78 is 48.5. The van der Waals surface area contributed by atoms with Crippen molar-refractivity contribution in [3.8, 4) is 17.0 Å². The van der Waals surface area contributed by atoms with E-state index in [0.29, 0.717) is 17.1 Å². The summed E-state index contributed by atoms with van der Waals surface area (Å²) in [4.78, 5) is 0. The van der Waals surface area contributed by atoms with Crippen molar-refractivity contribution in [1.82, 2.24) is 9.61 Å². The number of sulfonamides is 1. The van der Waals surface area contributed by atoms with E-state index in [-0.39, 0.29) is 12.4 Å². The van der Waals surface area contributed by atoms with Crippen LogP contribution in [0, 0.1) is 23.2 Å². The molecule has 0 bridgehead atoms. The first-order valence-electron chi connectivity index (χ1n) is 9.76. The molecular formula is C23H21FIN3O3S. The molecule has 0 aliphatic rings. The Morgan fingerprint density at radius 2 is 1.88 bits per heavy atom. The van der Waals surface area contributed by atoms with Gasteiger partial charge in [0.1, 0.15) is 12.4 Å². The van der Waals surface area contributed by atoms with E-state index in [2.05, 4.69) is 32.4 Å². The average Bonchev–Trinajstić information content (AvgIpc) is 3.02. The van der Waals surface area contributed by atoms with Crippen molar-refractivity contribution in [3.63, 3.8) is 0 Å². The number of aromatic nitrogens is 2. The summed E-state index contributed by atoms with van der Waals surface area (Å²) in [6.07, 6.45) is 1.12. The molecule has 9 heteroatoms. The zero-order valence-corrected chi connectivity index (χ0v) is 20.7. The Labute approximate surface area is 199 Å². The summed E-state index contributed by atoms with van der Waals surface area (Å²) in [7, 11) is -3.39. The minimum absolute atomic E-state index is 0.0749. The largest absolute Gasteiger partial charge is 0.473 e. The van der Waals surface area contributed by atoms with Gasteiger partial charge in [0.2, 0.25) is 15.9 Å². The maximum Gasteiger partial charge on any atom is 0.229 e. The van der Waals surface area contributed by atoms with Crippen molar-refractivity contribution in [1.29, 1.82) is 0 Å². The van der Waals surface area contributed by atoms with Gasteiger partial charge in [0.05, 0.1) is 17.5 Å².